The fraction of sp³-hybridized carbons (Fsp3) is 0.235. The summed E-state index contributed by atoms with van der Waals surface area (Å²) >= 11 is 1.57. The van der Waals surface area contributed by atoms with Crippen LogP contribution < -0.4 is 11.1 Å². The molecule has 3 nitrogen and oxygen atoms in total. The van der Waals surface area contributed by atoms with Crippen LogP contribution in [0.3, 0.4) is 0 Å². The van der Waals surface area contributed by atoms with Crippen molar-refractivity contribution in [1.82, 2.24) is 5.32 Å². The highest BCUT2D eigenvalue weighted by Crippen LogP contribution is 2.15. The Bertz CT molecular complexity index is 662. The summed E-state index contributed by atoms with van der Waals surface area (Å²) in [5, 5.41) is 2.92. The Hall–Kier alpha value is -2.09. The summed E-state index contributed by atoms with van der Waals surface area (Å²) in [5.41, 5.74) is 7.26. The summed E-state index contributed by atoms with van der Waals surface area (Å²) in [4.78, 5) is 14.1. The summed E-state index contributed by atoms with van der Waals surface area (Å²) < 4.78 is 0. The number of hydrogen-bond acceptors (Lipinski definition) is 3. The second kappa shape index (κ2) is 7.63. The maximum absolute atomic E-state index is 12.0. The Kier molecular flexibility index (Phi) is 5.56. The molecule has 0 aliphatic rings. The Morgan fingerprint density at radius 1 is 1.24 bits per heavy atom. The van der Waals surface area contributed by atoms with E-state index in [2.05, 4.69) is 24.1 Å². The molecule has 0 bridgehead atoms. The van der Waals surface area contributed by atoms with Crippen molar-refractivity contribution in [2.45, 2.75) is 19.9 Å². The topological polar surface area (TPSA) is 55.1 Å². The third kappa shape index (κ3) is 4.45. The van der Waals surface area contributed by atoms with E-state index < -0.39 is 0 Å². The standard InChI is InChI=1S/C17H18N2OS/c1-2-13-5-7-14(8-6-13)17(20)19-12-16-10-9-15(21-16)4-3-11-18/h5-10H,2,11-12,18H2,1H3,(H,19,20). The molecule has 21 heavy (non-hydrogen) atoms. The van der Waals surface area contributed by atoms with Crippen molar-refractivity contribution in [2.75, 3.05) is 6.54 Å². The minimum atomic E-state index is -0.0550. The van der Waals surface area contributed by atoms with Gasteiger partial charge in [0.25, 0.3) is 5.91 Å². The summed E-state index contributed by atoms with van der Waals surface area (Å²) in [5.74, 6) is 5.75. The molecule has 0 fully saturated rings. The molecule has 0 saturated heterocycles. The quantitative estimate of drug-likeness (QED) is 0.852. The number of carbonyl (C=O) groups is 1. The van der Waals surface area contributed by atoms with E-state index in [1.54, 1.807) is 11.3 Å². The van der Waals surface area contributed by atoms with Crippen molar-refractivity contribution in [3.63, 3.8) is 0 Å². The fourth-order valence-electron chi connectivity index (χ4n) is 1.84. The van der Waals surface area contributed by atoms with Gasteiger partial charge in [0.05, 0.1) is 18.0 Å². The van der Waals surface area contributed by atoms with Crippen molar-refractivity contribution in [1.29, 1.82) is 0 Å². The van der Waals surface area contributed by atoms with Gasteiger partial charge in [-0.15, -0.1) is 11.3 Å². The van der Waals surface area contributed by atoms with Crippen molar-refractivity contribution >= 4 is 17.2 Å². The first-order valence-corrected chi connectivity index (χ1v) is 7.69. The number of amides is 1. The fourth-order valence-corrected chi connectivity index (χ4v) is 2.66. The van der Waals surface area contributed by atoms with Crippen LogP contribution in [0.15, 0.2) is 36.4 Å². The molecule has 0 spiro atoms. The second-order valence-electron chi connectivity index (χ2n) is 4.51. The molecule has 1 heterocycles. The first-order valence-electron chi connectivity index (χ1n) is 6.87. The molecule has 108 valence electrons. The zero-order valence-electron chi connectivity index (χ0n) is 12.0. The molecule has 4 heteroatoms. The van der Waals surface area contributed by atoms with E-state index in [9.17, 15) is 4.79 Å². The predicted molar refractivity (Wildman–Crippen MR) is 87.2 cm³/mol. The minimum absolute atomic E-state index is 0.0550. The first-order chi connectivity index (χ1) is 10.2. The van der Waals surface area contributed by atoms with Gasteiger partial charge in [0.1, 0.15) is 0 Å². The molecule has 0 saturated carbocycles. The number of hydrogen-bond donors (Lipinski definition) is 2. The predicted octanol–water partition coefficient (Wildman–Crippen LogP) is 2.55. The lowest BCUT2D eigenvalue weighted by atomic mass is 10.1. The van der Waals surface area contributed by atoms with Crippen LogP contribution in [0.5, 0.6) is 0 Å². The van der Waals surface area contributed by atoms with E-state index in [1.807, 2.05) is 36.4 Å². The first kappa shape index (κ1) is 15.3. The van der Waals surface area contributed by atoms with Crippen LogP contribution in [0.25, 0.3) is 0 Å². The van der Waals surface area contributed by atoms with Crippen LogP contribution in [-0.2, 0) is 13.0 Å². The third-order valence-electron chi connectivity index (χ3n) is 3.02. The van der Waals surface area contributed by atoms with Crippen molar-refractivity contribution in [3.05, 3.63) is 57.3 Å². The highest BCUT2D eigenvalue weighted by atomic mass is 32.1. The Labute approximate surface area is 129 Å². The summed E-state index contributed by atoms with van der Waals surface area (Å²) in [6.45, 7) is 2.97. The molecule has 1 amide bonds. The molecular formula is C17H18N2OS. The van der Waals surface area contributed by atoms with E-state index in [0.29, 0.717) is 18.7 Å². The van der Waals surface area contributed by atoms with Crippen molar-refractivity contribution in [3.8, 4) is 11.8 Å². The largest absolute Gasteiger partial charge is 0.347 e. The van der Waals surface area contributed by atoms with E-state index in [4.69, 9.17) is 5.73 Å². The summed E-state index contributed by atoms with van der Waals surface area (Å²) in [6.07, 6.45) is 0.976. The van der Waals surface area contributed by atoms with Gasteiger partial charge >= 0.3 is 0 Å². The zero-order chi connectivity index (χ0) is 15.1. The molecule has 0 radical (unpaired) electrons. The van der Waals surface area contributed by atoms with Gasteiger partial charge in [-0.25, -0.2) is 0 Å². The average Bonchev–Trinajstić information content (AvgIpc) is 2.98. The summed E-state index contributed by atoms with van der Waals surface area (Å²) in [6, 6.07) is 11.6. The van der Waals surface area contributed by atoms with Crippen LogP contribution >= 0.6 is 11.3 Å². The highest BCUT2D eigenvalue weighted by molar-refractivity contribution is 7.12. The van der Waals surface area contributed by atoms with E-state index in [1.165, 1.54) is 5.56 Å². The third-order valence-corrected chi connectivity index (χ3v) is 4.02. The molecule has 0 atom stereocenters. The lowest BCUT2D eigenvalue weighted by Gasteiger charge is -2.04. The molecule has 0 aliphatic carbocycles. The smallest absolute Gasteiger partial charge is 0.251 e. The number of carbonyl (C=O) groups excluding carboxylic acids is 1. The number of thiophene rings is 1. The van der Waals surface area contributed by atoms with Gasteiger partial charge in [0.2, 0.25) is 0 Å². The van der Waals surface area contributed by atoms with Crippen molar-refractivity contribution < 1.29 is 4.79 Å². The molecule has 0 unspecified atom stereocenters. The van der Waals surface area contributed by atoms with Crippen molar-refractivity contribution in [2.24, 2.45) is 5.73 Å². The number of nitrogens with one attached hydrogen (secondary N) is 1. The Balaban J connectivity index is 1.92. The number of aryl methyl sites for hydroxylation is 1. The molecule has 1 aromatic heterocycles. The average molecular weight is 298 g/mol. The molecule has 2 rings (SSSR count). The maximum Gasteiger partial charge on any atom is 0.251 e. The van der Waals surface area contributed by atoms with E-state index >= 15 is 0 Å². The molecular weight excluding hydrogens is 280 g/mol. The van der Waals surface area contributed by atoms with Gasteiger partial charge in [-0.1, -0.05) is 30.9 Å². The maximum atomic E-state index is 12.0. The molecule has 0 aliphatic heterocycles. The van der Waals surface area contributed by atoms with Gasteiger partial charge in [0, 0.05) is 10.4 Å². The summed E-state index contributed by atoms with van der Waals surface area (Å²) in [7, 11) is 0. The van der Waals surface area contributed by atoms with Crippen LogP contribution in [-0.4, -0.2) is 12.5 Å². The zero-order valence-corrected chi connectivity index (χ0v) is 12.8. The van der Waals surface area contributed by atoms with Gasteiger partial charge in [-0.3, -0.25) is 4.79 Å². The molecule has 1 aromatic carbocycles. The lowest BCUT2D eigenvalue weighted by Crippen LogP contribution is -2.22. The SMILES string of the molecule is CCc1ccc(C(=O)NCc2ccc(C#CCN)s2)cc1. The number of rotatable bonds is 4. The van der Waals surface area contributed by atoms with Crippen LogP contribution in [0.4, 0.5) is 0 Å². The monoisotopic (exact) mass is 298 g/mol. The van der Waals surface area contributed by atoms with E-state index in [-0.39, 0.29) is 5.91 Å². The number of nitrogens with two attached hydrogens (primary N) is 1. The highest BCUT2D eigenvalue weighted by Gasteiger charge is 2.06. The Morgan fingerprint density at radius 2 is 2.00 bits per heavy atom. The van der Waals surface area contributed by atoms with Gasteiger partial charge < -0.3 is 11.1 Å². The van der Waals surface area contributed by atoms with Gasteiger partial charge in [-0.2, -0.15) is 0 Å². The minimum Gasteiger partial charge on any atom is -0.347 e. The van der Waals surface area contributed by atoms with Crippen LogP contribution in [0, 0.1) is 11.8 Å². The van der Waals surface area contributed by atoms with Gasteiger partial charge in [0.15, 0.2) is 0 Å². The van der Waals surface area contributed by atoms with Crippen LogP contribution in [0.2, 0.25) is 0 Å². The molecule has 3 N–H and O–H groups in total. The Morgan fingerprint density at radius 3 is 2.67 bits per heavy atom. The molecule has 2 aromatic rings. The van der Waals surface area contributed by atoms with Gasteiger partial charge in [-0.05, 0) is 36.2 Å². The normalized spacial score (nSPS) is 9.81. The second-order valence-corrected chi connectivity index (χ2v) is 5.67. The van der Waals surface area contributed by atoms with Crippen LogP contribution in [0.1, 0.15) is 32.6 Å². The van der Waals surface area contributed by atoms with E-state index in [0.717, 1.165) is 16.2 Å². The lowest BCUT2D eigenvalue weighted by molar-refractivity contribution is 0.0951. The number of benzene rings is 1.